The van der Waals surface area contributed by atoms with Gasteiger partial charge in [0.05, 0.1) is 0 Å². The summed E-state index contributed by atoms with van der Waals surface area (Å²) in [6, 6.07) is 4.22. The molecule has 0 aliphatic rings. The highest BCUT2D eigenvalue weighted by atomic mass is 35.5. The SMILES string of the molecule is CO[C@@H](C)C(=O)NCc1cc(Cl)ccc1OC(F)F. The second-order valence-corrected chi connectivity index (χ2v) is 4.16. The van der Waals surface area contributed by atoms with Gasteiger partial charge >= 0.3 is 6.61 Å². The van der Waals surface area contributed by atoms with E-state index in [9.17, 15) is 13.6 Å². The Morgan fingerprint density at radius 2 is 2.16 bits per heavy atom. The van der Waals surface area contributed by atoms with E-state index in [1.165, 1.54) is 25.3 Å². The van der Waals surface area contributed by atoms with Crippen LogP contribution in [0.3, 0.4) is 0 Å². The van der Waals surface area contributed by atoms with E-state index in [4.69, 9.17) is 16.3 Å². The van der Waals surface area contributed by atoms with Gasteiger partial charge < -0.3 is 14.8 Å². The first-order chi connectivity index (χ1) is 8.93. The van der Waals surface area contributed by atoms with Crippen LogP contribution in [0.1, 0.15) is 12.5 Å². The fraction of sp³-hybridized carbons (Fsp3) is 0.417. The molecular formula is C12H14ClF2NO3. The summed E-state index contributed by atoms with van der Waals surface area (Å²) in [7, 11) is 1.40. The Kier molecular flexibility index (Phi) is 5.98. The number of alkyl halides is 2. The number of nitrogens with one attached hydrogen (secondary N) is 1. The third-order valence-electron chi connectivity index (χ3n) is 2.41. The Balaban J connectivity index is 2.75. The Morgan fingerprint density at radius 1 is 1.47 bits per heavy atom. The fourth-order valence-corrected chi connectivity index (χ4v) is 1.52. The first-order valence-electron chi connectivity index (χ1n) is 5.47. The normalized spacial score (nSPS) is 12.3. The van der Waals surface area contributed by atoms with Crippen molar-refractivity contribution < 1.29 is 23.0 Å². The predicted molar refractivity (Wildman–Crippen MR) is 66.4 cm³/mol. The first-order valence-corrected chi connectivity index (χ1v) is 5.85. The number of benzene rings is 1. The number of hydrogen-bond donors (Lipinski definition) is 1. The molecule has 1 aromatic carbocycles. The highest BCUT2D eigenvalue weighted by Gasteiger charge is 2.14. The van der Waals surface area contributed by atoms with E-state index >= 15 is 0 Å². The second kappa shape index (κ2) is 7.25. The predicted octanol–water partition coefficient (Wildman–Crippen LogP) is 2.59. The summed E-state index contributed by atoms with van der Waals surface area (Å²) >= 11 is 5.78. The molecule has 106 valence electrons. The van der Waals surface area contributed by atoms with Crippen LogP contribution in [-0.4, -0.2) is 25.7 Å². The summed E-state index contributed by atoms with van der Waals surface area (Å²) in [6.07, 6.45) is -0.626. The molecule has 0 heterocycles. The molecule has 0 aromatic heterocycles. The molecule has 0 bridgehead atoms. The Hall–Kier alpha value is -1.40. The number of halogens is 3. The molecule has 0 fully saturated rings. The van der Waals surface area contributed by atoms with Crippen LogP contribution in [-0.2, 0) is 16.1 Å². The zero-order chi connectivity index (χ0) is 14.4. The van der Waals surface area contributed by atoms with Gasteiger partial charge in [0.25, 0.3) is 0 Å². The maximum Gasteiger partial charge on any atom is 0.387 e. The highest BCUT2D eigenvalue weighted by molar-refractivity contribution is 6.30. The van der Waals surface area contributed by atoms with Gasteiger partial charge in [0.1, 0.15) is 11.9 Å². The third-order valence-corrected chi connectivity index (χ3v) is 2.65. The molecular weight excluding hydrogens is 280 g/mol. The van der Waals surface area contributed by atoms with E-state index in [2.05, 4.69) is 10.1 Å². The molecule has 19 heavy (non-hydrogen) atoms. The Labute approximate surface area is 114 Å². The van der Waals surface area contributed by atoms with Crippen LogP contribution in [0.4, 0.5) is 8.78 Å². The number of carbonyl (C=O) groups is 1. The molecule has 1 aromatic rings. The first kappa shape index (κ1) is 15.7. The number of rotatable bonds is 6. The molecule has 0 spiro atoms. The van der Waals surface area contributed by atoms with E-state index in [1.807, 2.05) is 0 Å². The minimum absolute atomic E-state index is 0.0230. The molecule has 1 N–H and O–H groups in total. The summed E-state index contributed by atoms with van der Waals surface area (Å²) in [4.78, 5) is 11.5. The molecule has 1 amide bonds. The number of amides is 1. The van der Waals surface area contributed by atoms with E-state index in [0.29, 0.717) is 10.6 Å². The van der Waals surface area contributed by atoms with Gasteiger partial charge in [0, 0.05) is 24.2 Å². The van der Waals surface area contributed by atoms with Gasteiger partial charge in [-0.25, -0.2) is 0 Å². The van der Waals surface area contributed by atoms with Gasteiger partial charge in [-0.15, -0.1) is 0 Å². The van der Waals surface area contributed by atoms with E-state index in [-0.39, 0.29) is 18.2 Å². The number of carbonyl (C=O) groups excluding carboxylic acids is 1. The van der Waals surface area contributed by atoms with Gasteiger partial charge in [0.2, 0.25) is 5.91 Å². The van der Waals surface area contributed by atoms with Gasteiger partial charge in [-0.05, 0) is 25.1 Å². The average molecular weight is 294 g/mol. The summed E-state index contributed by atoms with van der Waals surface area (Å²) in [5, 5.41) is 2.91. The van der Waals surface area contributed by atoms with Gasteiger partial charge in [-0.1, -0.05) is 11.6 Å². The lowest BCUT2D eigenvalue weighted by Gasteiger charge is -2.14. The van der Waals surface area contributed by atoms with Crippen molar-refractivity contribution in [3.05, 3.63) is 28.8 Å². The number of methoxy groups -OCH3 is 1. The van der Waals surface area contributed by atoms with Crippen LogP contribution in [0.2, 0.25) is 5.02 Å². The number of ether oxygens (including phenoxy) is 2. The van der Waals surface area contributed by atoms with Gasteiger partial charge in [-0.3, -0.25) is 4.79 Å². The summed E-state index contributed by atoms with van der Waals surface area (Å²) < 4.78 is 33.6. The molecule has 0 saturated carbocycles. The van der Waals surface area contributed by atoms with Gasteiger partial charge in [-0.2, -0.15) is 8.78 Å². The lowest BCUT2D eigenvalue weighted by Crippen LogP contribution is -2.33. The van der Waals surface area contributed by atoms with E-state index < -0.39 is 12.7 Å². The van der Waals surface area contributed by atoms with Crippen LogP contribution in [0, 0.1) is 0 Å². The summed E-state index contributed by atoms with van der Waals surface area (Å²) in [6.45, 7) is -1.34. The van der Waals surface area contributed by atoms with Crippen LogP contribution in [0.5, 0.6) is 5.75 Å². The molecule has 7 heteroatoms. The minimum Gasteiger partial charge on any atom is -0.434 e. The smallest absolute Gasteiger partial charge is 0.387 e. The highest BCUT2D eigenvalue weighted by Crippen LogP contribution is 2.24. The Bertz CT molecular complexity index is 443. The van der Waals surface area contributed by atoms with Crippen molar-refractivity contribution in [2.45, 2.75) is 26.2 Å². The lowest BCUT2D eigenvalue weighted by atomic mass is 10.2. The van der Waals surface area contributed by atoms with Crippen LogP contribution in [0.25, 0.3) is 0 Å². The fourth-order valence-electron chi connectivity index (χ4n) is 1.33. The van der Waals surface area contributed by atoms with Crippen LogP contribution < -0.4 is 10.1 Å². The van der Waals surface area contributed by atoms with Crippen LogP contribution >= 0.6 is 11.6 Å². The van der Waals surface area contributed by atoms with E-state index in [0.717, 1.165) is 0 Å². The van der Waals surface area contributed by atoms with Crippen molar-refractivity contribution in [1.82, 2.24) is 5.32 Å². The quantitative estimate of drug-likeness (QED) is 0.877. The summed E-state index contributed by atoms with van der Waals surface area (Å²) in [5.74, 6) is -0.379. The molecule has 1 rings (SSSR count). The standard InChI is InChI=1S/C12H14ClF2NO3/c1-7(18-2)11(17)16-6-8-5-9(13)3-4-10(8)19-12(14)15/h3-5,7,12H,6H2,1-2H3,(H,16,17)/t7-/m0/s1. The topological polar surface area (TPSA) is 47.6 Å². The zero-order valence-electron chi connectivity index (χ0n) is 10.5. The monoisotopic (exact) mass is 293 g/mol. The van der Waals surface area contributed by atoms with Crippen molar-refractivity contribution >= 4 is 17.5 Å². The average Bonchev–Trinajstić information content (AvgIpc) is 2.37. The summed E-state index contributed by atoms with van der Waals surface area (Å²) in [5.41, 5.74) is 0.365. The molecule has 4 nitrogen and oxygen atoms in total. The maximum atomic E-state index is 12.2. The zero-order valence-corrected chi connectivity index (χ0v) is 11.2. The lowest BCUT2D eigenvalue weighted by molar-refractivity contribution is -0.130. The number of hydrogen-bond acceptors (Lipinski definition) is 3. The molecule has 0 saturated heterocycles. The van der Waals surface area contributed by atoms with Crippen molar-refractivity contribution in [2.75, 3.05) is 7.11 Å². The maximum absolute atomic E-state index is 12.2. The molecule has 0 aliphatic carbocycles. The van der Waals surface area contributed by atoms with Crippen molar-refractivity contribution in [3.63, 3.8) is 0 Å². The molecule has 1 atom stereocenters. The minimum atomic E-state index is -2.94. The van der Waals surface area contributed by atoms with Crippen molar-refractivity contribution in [1.29, 1.82) is 0 Å². The molecule has 0 radical (unpaired) electrons. The van der Waals surface area contributed by atoms with Crippen molar-refractivity contribution in [3.8, 4) is 5.75 Å². The Morgan fingerprint density at radius 3 is 2.74 bits per heavy atom. The second-order valence-electron chi connectivity index (χ2n) is 3.73. The van der Waals surface area contributed by atoms with Crippen LogP contribution in [0.15, 0.2) is 18.2 Å². The van der Waals surface area contributed by atoms with Gasteiger partial charge in [0.15, 0.2) is 0 Å². The van der Waals surface area contributed by atoms with Crippen molar-refractivity contribution in [2.24, 2.45) is 0 Å². The van der Waals surface area contributed by atoms with E-state index in [1.54, 1.807) is 6.92 Å². The largest absolute Gasteiger partial charge is 0.434 e. The molecule has 0 aliphatic heterocycles. The third kappa shape index (κ3) is 5.00. The molecule has 0 unspecified atom stereocenters.